The molecule has 2 fully saturated rings. The lowest BCUT2D eigenvalue weighted by atomic mass is 9.98. The molecule has 3 aliphatic rings. The van der Waals surface area contributed by atoms with Crippen LogP contribution in [0.5, 0.6) is 0 Å². The molecule has 1 aromatic carbocycles. The lowest BCUT2D eigenvalue weighted by Crippen LogP contribution is -2.46. The molecule has 2 aliphatic heterocycles. The highest BCUT2D eigenvalue weighted by Crippen LogP contribution is 2.58. The first-order valence-electron chi connectivity index (χ1n) is 10.2. The van der Waals surface area contributed by atoms with E-state index in [1.54, 1.807) is 11.1 Å². The van der Waals surface area contributed by atoms with Gasteiger partial charge < -0.3 is 5.32 Å². The summed E-state index contributed by atoms with van der Waals surface area (Å²) in [6.45, 7) is 3.02. The van der Waals surface area contributed by atoms with Crippen molar-refractivity contribution in [3.8, 4) is 0 Å². The number of anilines is 2. The summed E-state index contributed by atoms with van der Waals surface area (Å²) in [6.07, 6.45) is 6.71. The lowest BCUT2D eigenvalue weighted by molar-refractivity contribution is -0.119. The van der Waals surface area contributed by atoms with E-state index >= 15 is 0 Å². The van der Waals surface area contributed by atoms with E-state index in [-0.39, 0.29) is 18.0 Å². The van der Waals surface area contributed by atoms with Gasteiger partial charge >= 0.3 is 0 Å². The third kappa shape index (κ3) is 2.95. The number of nitrogens with zero attached hydrogens (tertiary/aromatic N) is 4. The normalized spacial score (nSPS) is 26.9. The summed E-state index contributed by atoms with van der Waals surface area (Å²) in [6, 6.07) is 8.04. The Bertz CT molecular complexity index is 1110. The zero-order chi connectivity index (χ0) is 21.1. The van der Waals surface area contributed by atoms with Crippen LogP contribution < -0.4 is 10.2 Å². The van der Waals surface area contributed by atoms with Gasteiger partial charge in [-0.25, -0.2) is 22.7 Å². The zero-order valence-corrected chi connectivity index (χ0v) is 17.9. The van der Waals surface area contributed by atoms with Gasteiger partial charge in [-0.3, -0.25) is 9.69 Å². The van der Waals surface area contributed by atoms with Crippen molar-refractivity contribution >= 4 is 27.4 Å². The van der Waals surface area contributed by atoms with Crippen LogP contribution in [0.4, 0.5) is 11.5 Å². The Labute approximate surface area is 176 Å². The highest BCUT2D eigenvalue weighted by Gasteiger charge is 2.68. The summed E-state index contributed by atoms with van der Waals surface area (Å²) in [5.41, 5.74) is 2.12. The Balaban J connectivity index is 1.39. The summed E-state index contributed by atoms with van der Waals surface area (Å²) in [4.78, 5) is 24.1. The van der Waals surface area contributed by atoms with Crippen LogP contribution in [0.1, 0.15) is 30.4 Å². The van der Waals surface area contributed by atoms with Crippen LogP contribution in [-0.4, -0.2) is 60.0 Å². The number of nitrogens with one attached hydrogen (secondary N) is 1. The van der Waals surface area contributed by atoms with Crippen molar-refractivity contribution in [1.82, 2.24) is 19.6 Å². The second kappa shape index (κ2) is 6.83. The molecule has 9 heteroatoms. The summed E-state index contributed by atoms with van der Waals surface area (Å²) >= 11 is 0. The fraction of sp³-hybridized carbons (Fsp3) is 0.476. The number of rotatable bonds is 4. The number of aryl methyl sites for hydroxylation is 1. The van der Waals surface area contributed by atoms with E-state index in [9.17, 15) is 13.2 Å². The van der Waals surface area contributed by atoms with Crippen molar-refractivity contribution in [1.29, 1.82) is 0 Å². The fourth-order valence-electron chi connectivity index (χ4n) is 4.90. The Hall–Kier alpha value is -2.36. The minimum Gasteiger partial charge on any atom is -0.310 e. The third-order valence-corrected chi connectivity index (χ3v) is 7.95. The molecule has 1 N–H and O–H groups in total. The molecular formula is C21H25N5O3S. The maximum Gasteiger partial charge on any atom is 0.245 e. The van der Waals surface area contributed by atoms with Gasteiger partial charge in [0, 0.05) is 36.9 Å². The highest BCUT2D eigenvalue weighted by atomic mass is 32.2. The molecule has 1 aromatic heterocycles. The van der Waals surface area contributed by atoms with Crippen molar-refractivity contribution < 1.29 is 13.2 Å². The van der Waals surface area contributed by atoms with Crippen molar-refractivity contribution in [3.63, 3.8) is 0 Å². The number of aromatic nitrogens is 2. The number of hydrogen-bond acceptors (Lipinski definition) is 6. The highest BCUT2D eigenvalue weighted by molar-refractivity contribution is 7.88. The van der Waals surface area contributed by atoms with Crippen LogP contribution in [0.25, 0.3) is 0 Å². The van der Waals surface area contributed by atoms with E-state index in [2.05, 4.69) is 15.3 Å². The van der Waals surface area contributed by atoms with Crippen LogP contribution in [0.15, 0.2) is 36.8 Å². The summed E-state index contributed by atoms with van der Waals surface area (Å²) in [7, 11) is -3.15. The minimum atomic E-state index is -3.15. The first kappa shape index (κ1) is 19.6. The van der Waals surface area contributed by atoms with Crippen LogP contribution in [0.3, 0.4) is 0 Å². The molecule has 30 heavy (non-hydrogen) atoms. The van der Waals surface area contributed by atoms with Gasteiger partial charge in [-0.1, -0.05) is 18.2 Å². The lowest BCUT2D eigenvalue weighted by Gasteiger charge is -2.31. The Morgan fingerprint density at radius 3 is 2.63 bits per heavy atom. The molecule has 1 spiro atoms. The number of hydrogen-bond donors (Lipinski definition) is 1. The van der Waals surface area contributed by atoms with Gasteiger partial charge in [0.2, 0.25) is 15.9 Å². The topological polar surface area (TPSA) is 95.5 Å². The van der Waals surface area contributed by atoms with Gasteiger partial charge in [-0.15, -0.1) is 0 Å². The van der Waals surface area contributed by atoms with Crippen molar-refractivity contribution in [2.75, 3.05) is 24.2 Å². The molecular weight excluding hydrogens is 402 g/mol. The van der Waals surface area contributed by atoms with Gasteiger partial charge in [0.05, 0.1) is 17.4 Å². The molecule has 8 nitrogen and oxygen atoms in total. The number of sulfonamides is 1. The molecule has 1 saturated carbocycles. The van der Waals surface area contributed by atoms with Gasteiger partial charge in [0.25, 0.3) is 0 Å². The van der Waals surface area contributed by atoms with E-state index in [1.807, 2.05) is 31.2 Å². The van der Waals surface area contributed by atoms with E-state index in [0.717, 1.165) is 29.7 Å². The molecule has 0 bridgehead atoms. The van der Waals surface area contributed by atoms with Gasteiger partial charge in [0.15, 0.2) is 0 Å². The van der Waals surface area contributed by atoms with Gasteiger partial charge in [-0.2, -0.15) is 0 Å². The van der Waals surface area contributed by atoms with Crippen LogP contribution in [-0.2, 0) is 20.2 Å². The van der Waals surface area contributed by atoms with Crippen LogP contribution in [0, 0.1) is 6.92 Å². The van der Waals surface area contributed by atoms with Crippen molar-refractivity contribution in [2.24, 2.45) is 0 Å². The Morgan fingerprint density at radius 1 is 1.20 bits per heavy atom. The number of amides is 1. The minimum absolute atomic E-state index is 0.0125. The quantitative estimate of drug-likeness (QED) is 0.794. The maximum atomic E-state index is 13.7. The fourth-order valence-corrected chi connectivity index (χ4v) is 5.78. The number of carbonyl (C=O) groups is 1. The number of para-hydroxylation sites is 1. The standard InChI is InChI=1S/C21H25N5O3S/c1-14-5-3-4-6-17(14)26-19-16(12-22-13-23-19)21(20(26)27)11-18(21)24-15-7-9-25(10-8-15)30(2,28)29/h3-6,12-13,15,18,24H,7-11H2,1-2H3. The molecule has 3 heterocycles. The predicted octanol–water partition coefficient (Wildman–Crippen LogP) is 1.49. The van der Waals surface area contributed by atoms with Gasteiger partial charge in [-0.05, 0) is 37.8 Å². The van der Waals surface area contributed by atoms with E-state index in [1.165, 1.54) is 16.9 Å². The second-order valence-corrected chi connectivity index (χ2v) is 10.5. The first-order valence-corrected chi connectivity index (χ1v) is 12.1. The summed E-state index contributed by atoms with van der Waals surface area (Å²) in [5, 5.41) is 3.63. The van der Waals surface area contributed by atoms with Crippen LogP contribution >= 0.6 is 0 Å². The second-order valence-electron chi connectivity index (χ2n) is 8.52. The molecule has 0 radical (unpaired) electrons. The van der Waals surface area contributed by atoms with E-state index in [0.29, 0.717) is 25.3 Å². The molecule has 2 atom stereocenters. The number of benzene rings is 1. The van der Waals surface area contributed by atoms with Crippen molar-refractivity contribution in [3.05, 3.63) is 47.9 Å². The Kier molecular flexibility index (Phi) is 4.46. The zero-order valence-electron chi connectivity index (χ0n) is 17.1. The number of piperidine rings is 1. The first-order chi connectivity index (χ1) is 14.3. The molecule has 2 aromatic rings. The van der Waals surface area contributed by atoms with Crippen LogP contribution in [0.2, 0.25) is 0 Å². The smallest absolute Gasteiger partial charge is 0.245 e. The number of fused-ring (bicyclic) bond motifs is 2. The molecule has 5 rings (SSSR count). The number of carbonyl (C=O) groups excluding carboxylic acids is 1. The average Bonchev–Trinajstić information content (AvgIpc) is 3.38. The largest absolute Gasteiger partial charge is 0.310 e. The Morgan fingerprint density at radius 2 is 1.93 bits per heavy atom. The summed E-state index contributed by atoms with van der Waals surface area (Å²) < 4.78 is 25.0. The molecule has 1 aliphatic carbocycles. The summed E-state index contributed by atoms with van der Waals surface area (Å²) in [5.74, 6) is 0.707. The SMILES string of the molecule is Cc1ccccc1N1C(=O)C2(CC2NC2CCN(S(C)(=O)=O)CC2)c2cncnc21. The molecule has 2 unspecified atom stereocenters. The molecule has 1 amide bonds. The monoisotopic (exact) mass is 427 g/mol. The average molecular weight is 428 g/mol. The molecule has 158 valence electrons. The van der Waals surface area contributed by atoms with Crippen molar-refractivity contribution in [2.45, 2.75) is 43.7 Å². The van der Waals surface area contributed by atoms with E-state index in [4.69, 9.17) is 0 Å². The van der Waals surface area contributed by atoms with E-state index < -0.39 is 15.4 Å². The maximum absolute atomic E-state index is 13.7. The molecule has 1 saturated heterocycles. The third-order valence-electron chi connectivity index (χ3n) is 6.65. The predicted molar refractivity (Wildman–Crippen MR) is 113 cm³/mol. The van der Waals surface area contributed by atoms with Gasteiger partial charge in [0.1, 0.15) is 12.1 Å².